The van der Waals surface area contributed by atoms with E-state index in [9.17, 15) is 13.5 Å². The quantitative estimate of drug-likeness (QED) is 0.871. The minimum Gasteiger partial charge on any atom is -0.391 e. The minimum absolute atomic E-state index is 0.0128. The number of aliphatic hydroxyl groups excluding tert-OH is 1. The van der Waals surface area contributed by atoms with E-state index < -0.39 is 16.1 Å². The van der Waals surface area contributed by atoms with Crippen molar-refractivity contribution < 1.29 is 13.5 Å². The smallest absolute Gasteiger partial charge is 0.242 e. The zero-order chi connectivity index (χ0) is 13.9. The Bertz CT molecular complexity index is 514. The summed E-state index contributed by atoms with van der Waals surface area (Å²) in [6.07, 6.45) is -0.719. The first kappa shape index (κ1) is 15.4. The molecule has 2 N–H and O–H groups in total. The number of sulfonamides is 1. The Morgan fingerprint density at radius 3 is 2.50 bits per heavy atom. The zero-order valence-corrected chi connectivity index (χ0v) is 12.2. The lowest BCUT2D eigenvalue weighted by Gasteiger charge is -2.15. The van der Waals surface area contributed by atoms with Crippen molar-refractivity contribution in [1.29, 1.82) is 0 Å². The molecule has 4 nitrogen and oxygen atoms in total. The van der Waals surface area contributed by atoms with Crippen LogP contribution >= 0.6 is 11.6 Å². The summed E-state index contributed by atoms with van der Waals surface area (Å²) in [4.78, 5) is 0.0331. The molecule has 0 aliphatic heterocycles. The molecule has 0 aliphatic rings. The molecule has 0 aromatic heterocycles. The normalized spacial score (nSPS) is 13.9. The van der Waals surface area contributed by atoms with Gasteiger partial charge in [0, 0.05) is 6.54 Å². The van der Waals surface area contributed by atoms with E-state index in [4.69, 9.17) is 11.6 Å². The van der Waals surface area contributed by atoms with Gasteiger partial charge < -0.3 is 5.11 Å². The predicted octanol–water partition coefficient (Wildman–Crippen LogP) is 1.94. The van der Waals surface area contributed by atoms with Crippen molar-refractivity contribution in [2.75, 3.05) is 6.54 Å². The molecule has 6 heteroatoms. The van der Waals surface area contributed by atoms with Crippen LogP contribution in [0.2, 0.25) is 5.02 Å². The summed E-state index contributed by atoms with van der Waals surface area (Å²) in [5.74, 6) is -0.0128. The molecule has 1 rings (SSSR count). The molecule has 1 atom stereocenters. The highest BCUT2D eigenvalue weighted by Crippen LogP contribution is 2.22. The van der Waals surface area contributed by atoms with Crippen LogP contribution in [-0.2, 0) is 10.0 Å². The van der Waals surface area contributed by atoms with E-state index in [1.165, 1.54) is 6.07 Å². The van der Waals surface area contributed by atoms with Gasteiger partial charge in [0.15, 0.2) is 0 Å². The largest absolute Gasteiger partial charge is 0.391 e. The van der Waals surface area contributed by atoms with Gasteiger partial charge in [-0.25, -0.2) is 13.1 Å². The molecule has 1 unspecified atom stereocenters. The summed E-state index contributed by atoms with van der Waals surface area (Å²) in [7, 11) is -3.68. The van der Waals surface area contributed by atoms with E-state index in [0.717, 1.165) is 5.56 Å². The summed E-state index contributed by atoms with van der Waals surface area (Å²) >= 11 is 5.91. The summed E-state index contributed by atoms with van der Waals surface area (Å²) < 4.78 is 26.3. The van der Waals surface area contributed by atoms with Crippen LogP contribution in [0.15, 0.2) is 23.1 Å². The molecule has 0 saturated carbocycles. The van der Waals surface area contributed by atoms with Crippen LogP contribution in [0.1, 0.15) is 19.4 Å². The van der Waals surface area contributed by atoms with Crippen molar-refractivity contribution in [3.05, 3.63) is 28.8 Å². The molecule has 0 aliphatic carbocycles. The van der Waals surface area contributed by atoms with Gasteiger partial charge in [-0.1, -0.05) is 31.5 Å². The van der Waals surface area contributed by atoms with E-state index in [2.05, 4.69) is 4.72 Å². The summed E-state index contributed by atoms with van der Waals surface area (Å²) in [6, 6.07) is 4.73. The Morgan fingerprint density at radius 2 is 2.00 bits per heavy atom. The van der Waals surface area contributed by atoms with Crippen molar-refractivity contribution in [2.45, 2.75) is 31.8 Å². The molecular formula is C12H18ClNO3S. The lowest BCUT2D eigenvalue weighted by molar-refractivity contribution is 0.129. The number of hydrogen-bond donors (Lipinski definition) is 2. The molecule has 0 bridgehead atoms. The van der Waals surface area contributed by atoms with Crippen LogP contribution in [-0.4, -0.2) is 26.2 Å². The average Bonchev–Trinajstić information content (AvgIpc) is 2.25. The Labute approximate surface area is 113 Å². The molecule has 0 heterocycles. The second-order valence-electron chi connectivity index (χ2n) is 4.60. The van der Waals surface area contributed by atoms with Crippen molar-refractivity contribution in [3.8, 4) is 0 Å². The molecule has 102 valence electrons. The minimum atomic E-state index is -3.68. The number of aryl methyl sites for hydroxylation is 1. The third-order valence-corrected chi connectivity index (χ3v) is 4.54. The summed E-state index contributed by atoms with van der Waals surface area (Å²) in [5, 5.41) is 9.77. The topological polar surface area (TPSA) is 66.4 Å². The highest BCUT2D eigenvalue weighted by molar-refractivity contribution is 7.89. The van der Waals surface area contributed by atoms with Crippen LogP contribution in [0.25, 0.3) is 0 Å². The molecule has 18 heavy (non-hydrogen) atoms. The fraction of sp³-hybridized carbons (Fsp3) is 0.500. The summed E-state index contributed by atoms with van der Waals surface area (Å²) in [6.45, 7) is 5.44. The lowest BCUT2D eigenvalue weighted by Crippen LogP contribution is -2.34. The monoisotopic (exact) mass is 291 g/mol. The second-order valence-corrected chi connectivity index (χ2v) is 6.74. The number of hydrogen-bond acceptors (Lipinski definition) is 3. The molecule has 1 aromatic carbocycles. The first-order chi connectivity index (χ1) is 8.24. The van der Waals surface area contributed by atoms with Gasteiger partial charge in [0.05, 0.1) is 11.1 Å². The van der Waals surface area contributed by atoms with Crippen LogP contribution < -0.4 is 4.72 Å². The number of nitrogens with one attached hydrogen (secondary N) is 1. The van der Waals surface area contributed by atoms with Crippen LogP contribution in [0.4, 0.5) is 0 Å². The number of aliphatic hydroxyl groups is 1. The van der Waals surface area contributed by atoms with Crippen LogP contribution in [0, 0.1) is 12.8 Å². The molecule has 0 amide bonds. The van der Waals surface area contributed by atoms with Crippen LogP contribution in [0.5, 0.6) is 0 Å². The van der Waals surface area contributed by atoms with E-state index in [1.54, 1.807) is 12.1 Å². The molecule has 0 fully saturated rings. The zero-order valence-electron chi connectivity index (χ0n) is 10.6. The fourth-order valence-corrected chi connectivity index (χ4v) is 2.98. The van der Waals surface area contributed by atoms with Crippen molar-refractivity contribution in [2.24, 2.45) is 5.92 Å². The molecular weight excluding hydrogens is 274 g/mol. The van der Waals surface area contributed by atoms with Gasteiger partial charge in [0.2, 0.25) is 10.0 Å². The second kappa shape index (κ2) is 6.02. The van der Waals surface area contributed by atoms with Gasteiger partial charge >= 0.3 is 0 Å². The fourth-order valence-electron chi connectivity index (χ4n) is 1.33. The lowest BCUT2D eigenvalue weighted by atomic mass is 10.1. The number of rotatable bonds is 5. The van der Waals surface area contributed by atoms with E-state index >= 15 is 0 Å². The van der Waals surface area contributed by atoms with Gasteiger partial charge in [-0.05, 0) is 30.5 Å². The average molecular weight is 292 g/mol. The van der Waals surface area contributed by atoms with Gasteiger partial charge in [0.1, 0.15) is 4.90 Å². The van der Waals surface area contributed by atoms with E-state index in [0.29, 0.717) is 0 Å². The Morgan fingerprint density at radius 1 is 1.39 bits per heavy atom. The van der Waals surface area contributed by atoms with Gasteiger partial charge in [-0.15, -0.1) is 0 Å². The highest BCUT2D eigenvalue weighted by Gasteiger charge is 2.19. The maximum atomic E-state index is 12.0. The summed E-state index contributed by atoms with van der Waals surface area (Å²) in [5.41, 5.74) is 0.890. The Kier molecular flexibility index (Phi) is 5.16. The van der Waals surface area contributed by atoms with Gasteiger partial charge in [-0.3, -0.25) is 0 Å². The number of halogens is 1. The van der Waals surface area contributed by atoms with Crippen molar-refractivity contribution in [3.63, 3.8) is 0 Å². The number of benzene rings is 1. The maximum absolute atomic E-state index is 12.0. The van der Waals surface area contributed by atoms with Crippen LogP contribution in [0.3, 0.4) is 0 Å². The third kappa shape index (κ3) is 3.95. The Hall–Kier alpha value is -0.620. The predicted molar refractivity (Wildman–Crippen MR) is 72.2 cm³/mol. The van der Waals surface area contributed by atoms with Gasteiger partial charge in [0.25, 0.3) is 0 Å². The molecule has 1 aromatic rings. The standard InChI is InChI=1S/C12H18ClNO3S/c1-8(2)11(15)7-14-18(16,17)12-5-4-9(3)6-10(12)13/h4-6,8,11,14-15H,7H2,1-3H3. The Balaban J connectivity index is 2.87. The SMILES string of the molecule is Cc1ccc(S(=O)(=O)NCC(O)C(C)C)c(Cl)c1. The molecule has 0 spiro atoms. The first-order valence-corrected chi connectivity index (χ1v) is 7.54. The van der Waals surface area contributed by atoms with E-state index in [-0.39, 0.29) is 22.4 Å². The highest BCUT2D eigenvalue weighted by atomic mass is 35.5. The van der Waals surface area contributed by atoms with Crippen molar-refractivity contribution in [1.82, 2.24) is 4.72 Å². The van der Waals surface area contributed by atoms with Crippen molar-refractivity contribution >= 4 is 21.6 Å². The maximum Gasteiger partial charge on any atom is 0.242 e. The molecule has 0 saturated heterocycles. The first-order valence-electron chi connectivity index (χ1n) is 5.68. The van der Waals surface area contributed by atoms with E-state index in [1.807, 2.05) is 20.8 Å². The van der Waals surface area contributed by atoms with Gasteiger partial charge in [-0.2, -0.15) is 0 Å². The molecule has 0 radical (unpaired) electrons. The third-order valence-electron chi connectivity index (χ3n) is 2.63.